The van der Waals surface area contributed by atoms with E-state index in [9.17, 15) is 4.79 Å². The van der Waals surface area contributed by atoms with Gasteiger partial charge in [0, 0.05) is 30.0 Å². The molecule has 0 saturated heterocycles. The molecule has 1 amide bonds. The van der Waals surface area contributed by atoms with Crippen molar-refractivity contribution in [3.05, 3.63) is 94.8 Å². The van der Waals surface area contributed by atoms with Crippen LogP contribution in [-0.2, 0) is 19.5 Å². The molecule has 0 radical (unpaired) electrons. The third kappa shape index (κ3) is 6.83. The van der Waals surface area contributed by atoms with Crippen molar-refractivity contribution in [1.29, 1.82) is 0 Å². The average molecular weight is 445 g/mol. The summed E-state index contributed by atoms with van der Waals surface area (Å²) in [4.78, 5) is 15.7. The Bertz CT molecular complexity index is 1020. The van der Waals surface area contributed by atoms with Gasteiger partial charge >= 0.3 is 0 Å². The molecule has 0 spiro atoms. The van der Waals surface area contributed by atoms with Gasteiger partial charge in [-0.25, -0.2) is 0 Å². The van der Waals surface area contributed by atoms with Gasteiger partial charge in [-0.15, -0.1) is 0 Å². The van der Waals surface area contributed by atoms with Crippen LogP contribution in [0, 0.1) is 12.8 Å². The molecule has 3 nitrogen and oxygen atoms in total. The summed E-state index contributed by atoms with van der Waals surface area (Å²) in [6, 6.07) is 21.3. The summed E-state index contributed by atoms with van der Waals surface area (Å²) in [7, 11) is 0. The maximum Gasteiger partial charge on any atom is 0.254 e. The summed E-state index contributed by atoms with van der Waals surface area (Å²) in [5.41, 5.74) is 5.80. The summed E-state index contributed by atoms with van der Waals surface area (Å²) in [5.74, 6) is 0.488. The Hall–Kier alpha value is -2.81. The minimum atomic E-state index is 0.111. The van der Waals surface area contributed by atoms with Gasteiger partial charge in [-0.1, -0.05) is 75.6 Å². The number of carbonyl (C=O) groups is 1. The van der Waals surface area contributed by atoms with Crippen molar-refractivity contribution in [3.63, 3.8) is 0 Å². The Morgan fingerprint density at radius 2 is 1.70 bits per heavy atom. The quantitative estimate of drug-likeness (QED) is 0.286. The van der Waals surface area contributed by atoms with Gasteiger partial charge in [0.1, 0.15) is 0 Å². The van der Waals surface area contributed by atoms with Crippen LogP contribution in [-0.4, -0.2) is 21.4 Å². The predicted molar refractivity (Wildman–Crippen MR) is 139 cm³/mol. The number of aromatic nitrogens is 1. The first-order valence-electron chi connectivity index (χ1n) is 12.5. The molecule has 1 unspecified atom stereocenters. The van der Waals surface area contributed by atoms with E-state index in [4.69, 9.17) is 0 Å². The van der Waals surface area contributed by atoms with E-state index in [0.29, 0.717) is 12.5 Å². The van der Waals surface area contributed by atoms with E-state index >= 15 is 0 Å². The fourth-order valence-electron chi connectivity index (χ4n) is 4.25. The van der Waals surface area contributed by atoms with Crippen molar-refractivity contribution in [2.45, 2.75) is 79.4 Å². The van der Waals surface area contributed by atoms with Crippen LogP contribution in [0.1, 0.15) is 79.7 Å². The molecule has 0 N–H and O–H groups in total. The van der Waals surface area contributed by atoms with Crippen molar-refractivity contribution in [1.82, 2.24) is 9.47 Å². The number of rotatable bonds is 11. The molecule has 33 heavy (non-hydrogen) atoms. The summed E-state index contributed by atoms with van der Waals surface area (Å²) < 4.78 is 2.26. The van der Waals surface area contributed by atoms with E-state index in [1.165, 1.54) is 36.0 Å². The van der Waals surface area contributed by atoms with Gasteiger partial charge in [-0.3, -0.25) is 4.79 Å². The number of unbranched alkanes of at least 4 members (excludes halogenated alkanes) is 2. The first-order valence-corrected chi connectivity index (χ1v) is 12.5. The lowest BCUT2D eigenvalue weighted by Crippen LogP contribution is -2.41. The lowest BCUT2D eigenvalue weighted by atomic mass is 10.0. The first-order chi connectivity index (χ1) is 15.9. The number of benzene rings is 2. The van der Waals surface area contributed by atoms with E-state index in [1.54, 1.807) is 0 Å². The molecule has 3 heteroatoms. The number of amides is 1. The second-order valence-electron chi connectivity index (χ2n) is 9.69. The van der Waals surface area contributed by atoms with E-state index in [2.05, 4.69) is 93.9 Å². The van der Waals surface area contributed by atoms with Gasteiger partial charge in [0.15, 0.2) is 0 Å². The minimum Gasteiger partial charge on any atom is -0.345 e. The standard InChI is InChI=1S/C30H40N2O/c1-6-7-8-12-26-15-17-28(18-16-26)30(33)32(25(5)23(2)3)22-29-14-10-19-31(29)21-27-13-9-11-24(4)20-27/h9-11,13-20,23,25H,6-8,12,21-22H2,1-5H3. The maximum absolute atomic E-state index is 13.6. The van der Waals surface area contributed by atoms with Crippen LogP contribution in [0.15, 0.2) is 66.9 Å². The van der Waals surface area contributed by atoms with E-state index < -0.39 is 0 Å². The average Bonchev–Trinajstić information content (AvgIpc) is 3.23. The lowest BCUT2D eigenvalue weighted by molar-refractivity contribution is 0.0622. The van der Waals surface area contributed by atoms with Crippen LogP contribution in [0.3, 0.4) is 0 Å². The first kappa shape index (κ1) is 24.8. The van der Waals surface area contributed by atoms with E-state index in [-0.39, 0.29) is 11.9 Å². The van der Waals surface area contributed by atoms with Crippen LogP contribution in [0.5, 0.6) is 0 Å². The molecule has 1 atom stereocenters. The number of aryl methyl sites for hydroxylation is 2. The van der Waals surface area contributed by atoms with Crippen LogP contribution in [0.2, 0.25) is 0 Å². The zero-order chi connectivity index (χ0) is 23.8. The van der Waals surface area contributed by atoms with Crippen molar-refractivity contribution in [2.24, 2.45) is 5.92 Å². The molecule has 176 valence electrons. The molecular formula is C30H40N2O. The number of hydrogen-bond acceptors (Lipinski definition) is 1. The Kier molecular flexibility index (Phi) is 8.94. The predicted octanol–water partition coefficient (Wildman–Crippen LogP) is 7.26. The largest absolute Gasteiger partial charge is 0.345 e. The van der Waals surface area contributed by atoms with Gasteiger partial charge in [-0.05, 0) is 68.0 Å². The van der Waals surface area contributed by atoms with Gasteiger partial charge in [-0.2, -0.15) is 0 Å². The monoisotopic (exact) mass is 444 g/mol. The highest BCUT2D eigenvalue weighted by Crippen LogP contribution is 2.20. The van der Waals surface area contributed by atoms with Gasteiger partial charge in [0.05, 0.1) is 6.54 Å². The fourth-order valence-corrected chi connectivity index (χ4v) is 4.25. The number of carbonyl (C=O) groups excluding carboxylic acids is 1. The maximum atomic E-state index is 13.6. The molecule has 0 aliphatic carbocycles. The van der Waals surface area contributed by atoms with E-state index in [1.807, 2.05) is 17.0 Å². The zero-order valence-electron chi connectivity index (χ0n) is 21.1. The van der Waals surface area contributed by atoms with Crippen molar-refractivity contribution in [2.75, 3.05) is 0 Å². The Morgan fingerprint density at radius 1 is 0.939 bits per heavy atom. The van der Waals surface area contributed by atoms with Crippen molar-refractivity contribution in [3.8, 4) is 0 Å². The van der Waals surface area contributed by atoms with Gasteiger partial charge in [0.25, 0.3) is 5.91 Å². The number of hydrogen-bond donors (Lipinski definition) is 0. The Morgan fingerprint density at radius 3 is 2.36 bits per heavy atom. The smallest absolute Gasteiger partial charge is 0.254 e. The normalized spacial score (nSPS) is 12.2. The Balaban J connectivity index is 1.78. The minimum absolute atomic E-state index is 0.111. The molecule has 0 fully saturated rings. The van der Waals surface area contributed by atoms with E-state index in [0.717, 1.165) is 24.2 Å². The molecular weight excluding hydrogens is 404 g/mol. The molecule has 3 aromatic rings. The zero-order valence-corrected chi connectivity index (χ0v) is 21.1. The molecule has 3 rings (SSSR count). The molecule has 0 saturated carbocycles. The summed E-state index contributed by atoms with van der Waals surface area (Å²) >= 11 is 0. The topological polar surface area (TPSA) is 25.2 Å². The van der Waals surface area contributed by atoms with Crippen molar-refractivity contribution >= 4 is 5.91 Å². The molecule has 1 heterocycles. The third-order valence-electron chi connectivity index (χ3n) is 6.68. The van der Waals surface area contributed by atoms with Crippen LogP contribution >= 0.6 is 0 Å². The Labute approximate surface area is 200 Å². The third-order valence-corrected chi connectivity index (χ3v) is 6.68. The number of nitrogens with zero attached hydrogens (tertiary/aromatic N) is 2. The van der Waals surface area contributed by atoms with Gasteiger partial charge < -0.3 is 9.47 Å². The second kappa shape index (κ2) is 11.9. The summed E-state index contributed by atoms with van der Waals surface area (Å²) in [5, 5.41) is 0. The highest BCUT2D eigenvalue weighted by Gasteiger charge is 2.25. The molecule has 2 aromatic carbocycles. The fraction of sp³-hybridized carbons (Fsp3) is 0.433. The van der Waals surface area contributed by atoms with Crippen LogP contribution in [0.4, 0.5) is 0 Å². The van der Waals surface area contributed by atoms with Gasteiger partial charge in [0.2, 0.25) is 0 Å². The second-order valence-corrected chi connectivity index (χ2v) is 9.69. The molecule has 0 bridgehead atoms. The van der Waals surface area contributed by atoms with Crippen LogP contribution in [0.25, 0.3) is 0 Å². The van der Waals surface area contributed by atoms with Crippen molar-refractivity contribution < 1.29 is 4.79 Å². The highest BCUT2D eigenvalue weighted by atomic mass is 16.2. The molecule has 1 aromatic heterocycles. The highest BCUT2D eigenvalue weighted by molar-refractivity contribution is 5.94. The summed E-state index contributed by atoms with van der Waals surface area (Å²) in [6.45, 7) is 12.3. The molecule has 0 aliphatic heterocycles. The molecule has 0 aliphatic rings. The lowest BCUT2D eigenvalue weighted by Gasteiger charge is -2.32. The van der Waals surface area contributed by atoms with Crippen LogP contribution < -0.4 is 0 Å². The summed E-state index contributed by atoms with van der Waals surface area (Å²) in [6.07, 6.45) is 6.89. The SMILES string of the molecule is CCCCCc1ccc(C(=O)N(Cc2cccn2Cc2cccc(C)c2)C(C)C(C)C)cc1.